The van der Waals surface area contributed by atoms with E-state index in [1.807, 2.05) is 24.5 Å². The van der Waals surface area contributed by atoms with E-state index >= 15 is 0 Å². The van der Waals surface area contributed by atoms with E-state index in [4.69, 9.17) is 5.73 Å². The van der Waals surface area contributed by atoms with Gasteiger partial charge in [-0.05, 0) is 55.5 Å². The summed E-state index contributed by atoms with van der Waals surface area (Å²) in [6.45, 7) is 3.65. The van der Waals surface area contributed by atoms with Crippen molar-refractivity contribution in [3.05, 3.63) is 35.4 Å². The zero-order valence-electron chi connectivity index (χ0n) is 14.8. The Hall–Kier alpha value is -1.73. The minimum Gasteiger partial charge on any atom is -0.352 e. The molecule has 1 atom stereocenters. The lowest BCUT2D eigenvalue weighted by molar-refractivity contribution is -0.123. The Kier molecular flexibility index (Phi) is 8.08. The standard InChI is InChI=1S/C18H28N4O2S/c1-25-11-8-16(21-18(19)24)17(23)20-12-14-6-2-3-7-15(14)13-22-9-4-5-10-22/h2-3,6-7,16H,4-5,8-13H2,1H3,(H,20,23)(H3,19,21,24). The van der Waals surface area contributed by atoms with Gasteiger partial charge in [-0.25, -0.2) is 4.79 Å². The largest absolute Gasteiger partial charge is 0.352 e. The fraction of sp³-hybridized carbons (Fsp3) is 0.556. The van der Waals surface area contributed by atoms with E-state index in [0.717, 1.165) is 31.0 Å². The van der Waals surface area contributed by atoms with E-state index in [0.29, 0.717) is 13.0 Å². The smallest absolute Gasteiger partial charge is 0.312 e. The van der Waals surface area contributed by atoms with Crippen LogP contribution in [0.15, 0.2) is 24.3 Å². The molecule has 0 bridgehead atoms. The molecule has 1 fully saturated rings. The van der Waals surface area contributed by atoms with Gasteiger partial charge in [-0.2, -0.15) is 11.8 Å². The van der Waals surface area contributed by atoms with Crippen LogP contribution in [-0.2, 0) is 17.9 Å². The van der Waals surface area contributed by atoms with Crippen LogP contribution in [0.5, 0.6) is 0 Å². The van der Waals surface area contributed by atoms with Crippen molar-refractivity contribution in [3.8, 4) is 0 Å². The van der Waals surface area contributed by atoms with Crippen molar-refractivity contribution >= 4 is 23.7 Å². The molecule has 1 aliphatic rings. The number of urea groups is 1. The highest BCUT2D eigenvalue weighted by Gasteiger charge is 2.19. The predicted octanol–water partition coefficient (Wildman–Crippen LogP) is 1.69. The van der Waals surface area contributed by atoms with Gasteiger partial charge in [-0.1, -0.05) is 24.3 Å². The average Bonchev–Trinajstić information content (AvgIpc) is 3.10. The van der Waals surface area contributed by atoms with Crippen LogP contribution < -0.4 is 16.4 Å². The van der Waals surface area contributed by atoms with Crippen LogP contribution in [0, 0.1) is 0 Å². The highest BCUT2D eigenvalue weighted by molar-refractivity contribution is 7.98. The third kappa shape index (κ3) is 6.59. The summed E-state index contributed by atoms with van der Waals surface area (Å²) in [5.74, 6) is 0.591. The third-order valence-corrected chi connectivity index (χ3v) is 5.05. The summed E-state index contributed by atoms with van der Waals surface area (Å²) >= 11 is 1.63. The van der Waals surface area contributed by atoms with Crippen LogP contribution in [-0.4, -0.2) is 48.0 Å². The van der Waals surface area contributed by atoms with Crippen molar-refractivity contribution in [2.75, 3.05) is 25.1 Å². The monoisotopic (exact) mass is 364 g/mol. The zero-order valence-corrected chi connectivity index (χ0v) is 15.6. The first kappa shape index (κ1) is 19.6. The molecular weight excluding hydrogens is 336 g/mol. The Bertz CT molecular complexity index is 576. The highest BCUT2D eigenvalue weighted by Crippen LogP contribution is 2.16. The van der Waals surface area contributed by atoms with Gasteiger partial charge in [0.2, 0.25) is 5.91 Å². The minimum atomic E-state index is -0.671. The predicted molar refractivity (Wildman–Crippen MR) is 102 cm³/mol. The minimum absolute atomic E-state index is 0.191. The van der Waals surface area contributed by atoms with Crippen molar-refractivity contribution in [2.45, 2.75) is 38.4 Å². The van der Waals surface area contributed by atoms with E-state index in [-0.39, 0.29) is 5.91 Å². The normalized spacial score (nSPS) is 15.7. The van der Waals surface area contributed by atoms with Gasteiger partial charge in [-0.15, -0.1) is 0 Å². The molecule has 3 amide bonds. The van der Waals surface area contributed by atoms with E-state index < -0.39 is 12.1 Å². The molecule has 7 heteroatoms. The summed E-state index contributed by atoms with van der Waals surface area (Å²) in [5, 5.41) is 5.47. The number of amides is 3. The quantitative estimate of drug-likeness (QED) is 0.622. The zero-order chi connectivity index (χ0) is 18.1. The Morgan fingerprint density at radius 2 is 1.92 bits per heavy atom. The van der Waals surface area contributed by atoms with Crippen LogP contribution in [0.25, 0.3) is 0 Å². The highest BCUT2D eigenvalue weighted by atomic mass is 32.2. The van der Waals surface area contributed by atoms with Crippen LogP contribution in [0.3, 0.4) is 0 Å². The molecule has 6 nitrogen and oxygen atoms in total. The SMILES string of the molecule is CSCCC(NC(N)=O)C(=O)NCc1ccccc1CN1CCCC1. The molecule has 1 aliphatic heterocycles. The molecule has 4 N–H and O–H groups in total. The van der Waals surface area contributed by atoms with E-state index in [2.05, 4.69) is 21.6 Å². The summed E-state index contributed by atoms with van der Waals surface area (Å²) in [6, 6.07) is 6.93. The first-order valence-corrected chi connectivity index (χ1v) is 10.1. The van der Waals surface area contributed by atoms with Crippen molar-refractivity contribution in [3.63, 3.8) is 0 Å². The maximum atomic E-state index is 12.4. The van der Waals surface area contributed by atoms with Gasteiger partial charge >= 0.3 is 6.03 Å². The molecule has 0 aromatic heterocycles. The van der Waals surface area contributed by atoms with Gasteiger partial charge in [0, 0.05) is 13.1 Å². The number of hydrogen-bond acceptors (Lipinski definition) is 4. The lowest BCUT2D eigenvalue weighted by atomic mass is 10.1. The van der Waals surface area contributed by atoms with Crippen LogP contribution in [0.4, 0.5) is 4.79 Å². The molecule has 138 valence electrons. The number of primary amides is 1. The number of thioether (sulfide) groups is 1. The molecule has 2 rings (SSSR count). The lowest BCUT2D eigenvalue weighted by Gasteiger charge is -2.19. The van der Waals surface area contributed by atoms with Crippen LogP contribution >= 0.6 is 11.8 Å². The molecule has 0 radical (unpaired) electrons. The number of carbonyl (C=O) groups excluding carboxylic acids is 2. The number of nitrogens with one attached hydrogen (secondary N) is 2. The van der Waals surface area contributed by atoms with E-state index in [9.17, 15) is 9.59 Å². The van der Waals surface area contributed by atoms with E-state index in [1.165, 1.54) is 18.4 Å². The first-order chi connectivity index (χ1) is 12.1. The molecular formula is C18H28N4O2S. The Morgan fingerprint density at radius 1 is 1.24 bits per heavy atom. The van der Waals surface area contributed by atoms with Gasteiger partial charge in [0.05, 0.1) is 0 Å². The molecule has 1 aromatic carbocycles. The molecule has 1 heterocycles. The number of hydrogen-bond donors (Lipinski definition) is 3. The van der Waals surface area contributed by atoms with Gasteiger partial charge in [0.15, 0.2) is 0 Å². The first-order valence-electron chi connectivity index (χ1n) is 8.72. The van der Waals surface area contributed by atoms with Crippen molar-refractivity contribution in [1.82, 2.24) is 15.5 Å². The number of likely N-dealkylation sites (tertiary alicyclic amines) is 1. The molecule has 25 heavy (non-hydrogen) atoms. The second kappa shape index (κ2) is 10.3. The topological polar surface area (TPSA) is 87.5 Å². The lowest BCUT2D eigenvalue weighted by Crippen LogP contribution is -2.48. The van der Waals surface area contributed by atoms with Crippen LogP contribution in [0.1, 0.15) is 30.4 Å². The maximum absolute atomic E-state index is 12.4. The second-order valence-corrected chi connectivity index (χ2v) is 7.30. The molecule has 1 unspecified atom stereocenters. The summed E-state index contributed by atoms with van der Waals surface area (Å²) < 4.78 is 0. The number of rotatable bonds is 9. The van der Waals surface area contributed by atoms with Gasteiger partial charge in [0.1, 0.15) is 6.04 Å². The number of carbonyl (C=O) groups is 2. The van der Waals surface area contributed by atoms with Gasteiger partial charge < -0.3 is 16.4 Å². The average molecular weight is 365 g/mol. The summed E-state index contributed by atoms with van der Waals surface area (Å²) in [5.41, 5.74) is 7.54. The Balaban J connectivity index is 1.94. The van der Waals surface area contributed by atoms with Crippen molar-refractivity contribution in [2.24, 2.45) is 5.73 Å². The number of benzene rings is 1. The van der Waals surface area contributed by atoms with Gasteiger partial charge in [0.25, 0.3) is 0 Å². The van der Waals surface area contributed by atoms with E-state index in [1.54, 1.807) is 11.8 Å². The Morgan fingerprint density at radius 3 is 2.56 bits per heavy atom. The number of nitrogens with zero attached hydrogens (tertiary/aromatic N) is 1. The fourth-order valence-corrected chi connectivity index (χ4v) is 3.52. The third-order valence-electron chi connectivity index (χ3n) is 4.41. The summed E-state index contributed by atoms with van der Waals surface area (Å²) in [4.78, 5) is 26.0. The summed E-state index contributed by atoms with van der Waals surface area (Å²) in [6.07, 6.45) is 5.04. The molecule has 1 saturated heterocycles. The summed E-state index contributed by atoms with van der Waals surface area (Å²) in [7, 11) is 0. The molecule has 0 spiro atoms. The molecule has 0 saturated carbocycles. The second-order valence-electron chi connectivity index (χ2n) is 6.31. The number of nitrogens with two attached hydrogens (primary N) is 1. The Labute approximate surface area is 153 Å². The molecule has 0 aliphatic carbocycles. The maximum Gasteiger partial charge on any atom is 0.312 e. The van der Waals surface area contributed by atoms with Gasteiger partial charge in [-0.3, -0.25) is 9.69 Å². The van der Waals surface area contributed by atoms with Crippen LogP contribution in [0.2, 0.25) is 0 Å². The van der Waals surface area contributed by atoms with Crippen molar-refractivity contribution in [1.29, 1.82) is 0 Å². The fourth-order valence-electron chi connectivity index (χ4n) is 3.05. The molecule has 1 aromatic rings. The van der Waals surface area contributed by atoms with Crippen molar-refractivity contribution < 1.29 is 9.59 Å².